The van der Waals surface area contributed by atoms with Gasteiger partial charge >= 0.3 is 0 Å². The molecule has 3 aromatic rings. The number of rotatable bonds is 9. The van der Waals surface area contributed by atoms with Crippen LogP contribution < -0.4 is 0 Å². The predicted molar refractivity (Wildman–Crippen MR) is 139 cm³/mol. The van der Waals surface area contributed by atoms with E-state index < -0.39 is 0 Å². The van der Waals surface area contributed by atoms with Gasteiger partial charge in [-0.15, -0.1) is 0 Å². The first-order valence-corrected chi connectivity index (χ1v) is 12.8. The summed E-state index contributed by atoms with van der Waals surface area (Å²) in [6.07, 6.45) is 14.0. The van der Waals surface area contributed by atoms with Gasteiger partial charge in [-0.2, -0.15) is 0 Å². The van der Waals surface area contributed by atoms with Gasteiger partial charge in [0.1, 0.15) is 5.82 Å². The van der Waals surface area contributed by atoms with Crippen LogP contribution in [0.4, 0.5) is 4.39 Å². The van der Waals surface area contributed by atoms with Gasteiger partial charge in [-0.1, -0.05) is 106 Å². The van der Waals surface area contributed by atoms with E-state index >= 15 is 4.39 Å². The van der Waals surface area contributed by atoms with Gasteiger partial charge in [-0.05, 0) is 66.0 Å². The SMILES string of the molecule is CCCCCc1ccc(C2C=CC(c3ccc(-c4ccc(CCC)cc4)c(F)c3)CC2)cc1. The number of halogens is 1. The fourth-order valence-corrected chi connectivity index (χ4v) is 5.02. The molecule has 0 spiro atoms. The molecule has 33 heavy (non-hydrogen) atoms. The van der Waals surface area contributed by atoms with Crippen LogP contribution in [0.15, 0.2) is 78.9 Å². The highest BCUT2D eigenvalue weighted by Gasteiger charge is 2.19. The van der Waals surface area contributed by atoms with Crippen molar-refractivity contribution in [2.75, 3.05) is 0 Å². The van der Waals surface area contributed by atoms with Gasteiger partial charge in [0.05, 0.1) is 0 Å². The van der Waals surface area contributed by atoms with Crippen molar-refractivity contribution in [2.24, 2.45) is 0 Å². The van der Waals surface area contributed by atoms with E-state index in [9.17, 15) is 0 Å². The monoisotopic (exact) mass is 440 g/mol. The Bertz CT molecular complexity index is 1040. The minimum atomic E-state index is -0.120. The van der Waals surface area contributed by atoms with Gasteiger partial charge in [0.2, 0.25) is 0 Å². The molecule has 3 aromatic carbocycles. The Labute approximate surface area is 199 Å². The lowest BCUT2D eigenvalue weighted by atomic mass is 9.81. The predicted octanol–water partition coefficient (Wildman–Crippen LogP) is 9.40. The number of hydrogen-bond acceptors (Lipinski definition) is 0. The topological polar surface area (TPSA) is 0 Å². The van der Waals surface area contributed by atoms with Crippen molar-refractivity contribution in [3.63, 3.8) is 0 Å². The molecule has 172 valence electrons. The maximum Gasteiger partial charge on any atom is 0.131 e. The molecule has 0 radical (unpaired) electrons. The molecule has 0 saturated carbocycles. The van der Waals surface area contributed by atoms with Crippen molar-refractivity contribution in [3.8, 4) is 11.1 Å². The Morgan fingerprint density at radius 1 is 0.667 bits per heavy atom. The highest BCUT2D eigenvalue weighted by atomic mass is 19.1. The molecule has 0 N–H and O–H groups in total. The van der Waals surface area contributed by atoms with Crippen LogP contribution in [0.5, 0.6) is 0 Å². The van der Waals surface area contributed by atoms with Gasteiger partial charge in [0.25, 0.3) is 0 Å². The molecule has 0 bridgehead atoms. The van der Waals surface area contributed by atoms with Crippen molar-refractivity contribution in [2.45, 2.75) is 77.0 Å². The summed E-state index contributed by atoms with van der Waals surface area (Å²) in [5.74, 6) is 0.645. The lowest BCUT2D eigenvalue weighted by Gasteiger charge is -2.24. The van der Waals surface area contributed by atoms with Gasteiger partial charge in [-0.3, -0.25) is 0 Å². The van der Waals surface area contributed by atoms with E-state index in [0.29, 0.717) is 17.4 Å². The minimum absolute atomic E-state index is 0.120. The first-order chi connectivity index (χ1) is 16.2. The molecule has 0 saturated heterocycles. The van der Waals surface area contributed by atoms with E-state index in [1.165, 1.54) is 42.4 Å². The summed E-state index contributed by atoms with van der Waals surface area (Å²) < 4.78 is 15.0. The van der Waals surface area contributed by atoms with Crippen molar-refractivity contribution in [1.82, 2.24) is 0 Å². The van der Waals surface area contributed by atoms with E-state index in [4.69, 9.17) is 0 Å². The van der Waals surface area contributed by atoms with E-state index in [1.807, 2.05) is 18.2 Å². The van der Waals surface area contributed by atoms with Gasteiger partial charge < -0.3 is 0 Å². The van der Waals surface area contributed by atoms with Crippen molar-refractivity contribution >= 4 is 0 Å². The van der Waals surface area contributed by atoms with Crippen molar-refractivity contribution in [1.29, 1.82) is 0 Å². The van der Waals surface area contributed by atoms with Crippen molar-refractivity contribution < 1.29 is 4.39 Å². The molecule has 2 unspecified atom stereocenters. The Hall–Kier alpha value is -2.67. The molecule has 2 atom stereocenters. The molecular weight excluding hydrogens is 403 g/mol. The van der Waals surface area contributed by atoms with Crippen LogP contribution in [0.25, 0.3) is 11.1 Å². The summed E-state index contributed by atoms with van der Waals surface area (Å²) in [4.78, 5) is 0. The van der Waals surface area contributed by atoms with Crippen LogP contribution in [0, 0.1) is 5.82 Å². The molecule has 1 aliphatic rings. The Morgan fingerprint density at radius 3 is 1.88 bits per heavy atom. The molecule has 0 nitrogen and oxygen atoms in total. The Balaban J connectivity index is 1.40. The highest BCUT2D eigenvalue weighted by Crippen LogP contribution is 2.36. The summed E-state index contributed by atoms with van der Waals surface area (Å²) in [5.41, 5.74) is 6.89. The Kier molecular flexibility index (Phi) is 8.15. The average molecular weight is 441 g/mol. The fourth-order valence-electron chi connectivity index (χ4n) is 5.02. The van der Waals surface area contributed by atoms with E-state index in [-0.39, 0.29) is 5.82 Å². The minimum Gasteiger partial charge on any atom is -0.206 e. The van der Waals surface area contributed by atoms with E-state index in [0.717, 1.165) is 36.8 Å². The van der Waals surface area contributed by atoms with Crippen LogP contribution in [0.2, 0.25) is 0 Å². The fraction of sp³-hybridized carbons (Fsp3) is 0.375. The molecule has 1 heteroatoms. The van der Waals surface area contributed by atoms with Crippen LogP contribution in [-0.4, -0.2) is 0 Å². The number of benzene rings is 3. The third kappa shape index (κ3) is 6.02. The lowest BCUT2D eigenvalue weighted by Crippen LogP contribution is -2.07. The average Bonchev–Trinajstić information content (AvgIpc) is 2.86. The first kappa shape index (κ1) is 23.5. The second-order valence-electron chi connectivity index (χ2n) is 9.56. The Morgan fingerprint density at radius 2 is 1.27 bits per heavy atom. The zero-order chi connectivity index (χ0) is 23.0. The van der Waals surface area contributed by atoms with E-state index in [2.05, 4.69) is 68.5 Å². The summed E-state index contributed by atoms with van der Waals surface area (Å²) in [6.45, 7) is 4.43. The molecule has 0 fully saturated rings. The maximum atomic E-state index is 15.0. The second kappa shape index (κ2) is 11.5. The highest BCUT2D eigenvalue weighted by molar-refractivity contribution is 5.65. The standard InChI is InChI=1S/C32H37F/c1-3-5-6-8-25-9-13-26(14-10-25)27-17-19-28(20-18-27)30-21-22-31(32(33)23-30)29-15-11-24(7-4-2)12-16-29/h9-17,19,21-23,27-28H,3-8,18,20H2,1-2H3. The second-order valence-corrected chi connectivity index (χ2v) is 9.56. The van der Waals surface area contributed by atoms with Crippen LogP contribution in [-0.2, 0) is 12.8 Å². The summed E-state index contributed by atoms with van der Waals surface area (Å²) >= 11 is 0. The van der Waals surface area contributed by atoms with Gasteiger partial charge in [-0.25, -0.2) is 4.39 Å². The molecular formula is C32H37F. The molecule has 0 heterocycles. The molecule has 0 aliphatic heterocycles. The molecule has 1 aliphatic carbocycles. The quantitative estimate of drug-likeness (QED) is 0.230. The van der Waals surface area contributed by atoms with Crippen LogP contribution in [0.3, 0.4) is 0 Å². The summed E-state index contributed by atoms with van der Waals surface area (Å²) in [7, 11) is 0. The van der Waals surface area contributed by atoms with Gasteiger partial charge in [0.15, 0.2) is 0 Å². The largest absolute Gasteiger partial charge is 0.206 e. The third-order valence-corrected chi connectivity index (χ3v) is 7.07. The van der Waals surface area contributed by atoms with Crippen LogP contribution >= 0.6 is 0 Å². The zero-order valence-corrected chi connectivity index (χ0v) is 20.2. The molecule has 0 aromatic heterocycles. The normalized spacial score (nSPS) is 17.9. The zero-order valence-electron chi connectivity index (χ0n) is 20.2. The summed E-state index contributed by atoms with van der Waals surface area (Å²) in [6, 6.07) is 23.3. The number of aryl methyl sites for hydroxylation is 2. The number of unbranched alkanes of at least 4 members (excludes halogenated alkanes) is 2. The summed E-state index contributed by atoms with van der Waals surface area (Å²) in [5, 5.41) is 0. The number of allylic oxidation sites excluding steroid dienone is 2. The van der Waals surface area contributed by atoms with Crippen molar-refractivity contribution in [3.05, 3.63) is 107 Å². The third-order valence-electron chi connectivity index (χ3n) is 7.07. The lowest BCUT2D eigenvalue weighted by molar-refractivity contribution is 0.591. The van der Waals surface area contributed by atoms with E-state index in [1.54, 1.807) is 6.07 Å². The molecule has 4 rings (SSSR count). The smallest absolute Gasteiger partial charge is 0.131 e. The van der Waals surface area contributed by atoms with Crippen LogP contribution in [0.1, 0.15) is 86.5 Å². The number of hydrogen-bond donors (Lipinski definition) is 0. The molecule has 0 amide bonds. The maximum absolute atomic E-state index is 15.0. The first-order valence-electron chi connectivity index (χ1n) is 12.8. The van der Waals surface area contributed by atoms with Gasteiger partial charge in [0, 0.05) is 17.4 Å².